The minimum absolute atomic E-state index is 0.0399. The molecule has 0 spiro atoms. The number of carbonyl (C=O) groups is 1. The standard InChI is InChI=1S/C11H17ClO2/c1-7(13)9-8(12)6-10(2)4-3-5-11(9,10)14/h8-9,14H,3-6H2,1-2H3/t8-,9+,10+,11+/m1/s1. The van der Waals surface area contributed by atoms with Crippen molar-refractivity contribution in [3.05, 3.63) is 0 Å². The molecule has 0 heterocycles. The first kappa shape index (κ1) is 10.4. The van der Waals surface area contributed by atoms with Gasteiger partial charge in [0.1, 0.15) is 5.78 Å². The molecule has 80 valence electrons. The fraction of sp³-hybridized carbons (Fsp3) is 0.909. The number of ketones is 1. The van der Waals surface area contributed by atoms with Crippen LogP contribution in [0, 0.1) is 11.3 Å². The van der Waals surface area contributed by atoms with Crippen LogP contribution in [0.15, 0.2) is 0 Å². The smallest absolute Gasteiger partial charge is 0.137 e. The molecule has 0 saturated heterocycles. The van der Waals surface area contributed by atoms with Gasteiger partial charge in [-0.3, -0.25) is 4.79 Å². The predicted molar refractivity (Wildman–Crippen MR) is 55.3 cm³/mol. The number of carbonyl (C=O) groups excluding carboxylic acids is 1. The fourth-order valence-corrected chi connectivity index (χ4v) is 4.24. The van der Waals surface area contributed by atoms with Crippen molar-refractivity contribution < 1.29 is 9.90 Å². The molecular weight excluding hydrogens is 200 g/mol. The fourth-order valence-electron chi connectivity index (χ4n) is 3.51. The summed E-state index contributed by atoms with van der Waals surface area (Å²) in [5.41, 5.74) is -0.957. The number of fused-ring (bicyclic) bond motifs is 1. The zero-order chi connectivity index (χ0) is 10.6. The molecule has 0 aromatic heterocycles. The maximum absolute atomic E-state index is 11.5. The molecule has 0 aromatic carbocycles. The summed E-state index contributed by atoms with van der Waals surface area (Å²) in [6.07, 6.45) is 3.52. The van der Waals surface area contributed by atoms with E-state index in [2.05, 4.69) is 6.92 Å². The lowest BCUT2D eigenvalue weighted by Crippen LogP contribution is -2.45. The van der Waals surface area contributed by atoms with Crippen LogP contribution in [0.3, 0.4) is 0 Å². The third kappa shape index (κ3) is 1.10. The van der Waals surface area contributed by atoms with Gasteiger partial charge >= 0.3 is 0 Å². The summed E-state index contributed by atoms with van der Waals surface area (Å²) in [5.74, 6) is -0.310. The van der Waals surface area contributed by atoms with E-state index in [1.165, 1.54) is 0 Å². The lowest BCUT2D eigenvalue weighted by atomic mass is 9.75. The first-order valence-electron chi connectivity index (χ1n) is 5.28. The van der Waals surface area contributed by atoms with E-state index < -0.39 is 5.60 Å². The molecule has 2 nitrogen and oxygen atoms in total. The highest BCUT2D eigenvalue weighted by Gasteiger charge is 2.64. The van der Waals surface area contributed by atoms with Crippen LogP contribution in [-0.4, -0.2) is 21.9 Å². The van der Waals surface area contributed by atoms with Gasteiger partial charge in [-0.25, -0.2) is 0 Å². The van der Waals surface area contributed by atoms with Crippen LogP contribution in [0.2, 0.25) is 0 Å². The second-order valence-corrected chi connectivity index (χ2v) is 5.71. The van der Waals surface area contributed by atoms with Gasteiger partial charge in [0.2, 0.25) is 0 Å². The van der Waals surface area contributed by atoms with Crippen molar-refractivity contribution in [2.75, 3.05) is 0 Å². The number of hydrogen-bond acceptors (Lipinski definition) is 2. The van der Waals surface area contributed by atoms with Crippen LogP contribution in [0.1, 0.15) is 39.5 Å². The Morgan fingerprint density at radius 2 is 2.14 bits per heavy atom. The SMILES string of the molecule is CC(=O)[C@H]1[C@H](Cl)C[C@]2(C)CCC[C@]12O. The Morgan fingerprint density at radius 1 is 1.50 bits per heavy atom. The third-order valence-electron chi connectivity index (χ3n) is 4.29. The van der Waals surface area contributed by atoms with Gasteiger partial charge in [0.25, 0.3) is 0 Å². The van der Waals surface area contributed by atoms with Crippen molar-refractivity contribution in [1.29, 1.82) is 0 Å². The van der Waals surface area contributed by atoms with Crippen molar-refractivity contribution in [2.24, 2.45) is 11.3 Å². The number of rotatable bonds is 1. The monoisotopic (exact) mass is 216 g/mol. The minimum Gasteiger partial charge on any atom is -0.389 e. The van der Waals surface area contributed by atoms with Crippen molar-refractivity contribution in [1.82, 2.24) is 0 Å². The van der Waals surface area contributed by atoms with E-state index in [4.69, 9.17) is 11.6 Å². The molecule has 2 fully saturated rings. The highest BCUT2D eigenvalue weighted by Crippen LogP contribution is 2.60. The number of Topliss-reactive ketones (excluding diaryl/α,β-unsaturated/α-hetero) is 1. The minimum atomic E-state index is -0.828. The maximum Gasteiger partial charge on any atom is 0.137 e. The van der Waals surface area contributed by atoms with E-state index in [-0.39, 0.29) is 22.5 Å². The molecule has 0 aromatic rings. The van der Waals surface area contributed by atoms with Crippen LogP contribution in [-0.2, 0) is 4.79 Å². The zero-order valence-corrected chi connectivity index (χ0v) is 9.47. The third-order valence-corrected chi connectivity index (χ3v) is 4.70. The number of halogens is 1. The Morgan fingerprint density at radius 3 is 2.71 bits per heavy atom. The van der Waals surface area contributed by atoms with E-state index in [0.717, 1.165) is 25.7 Å². The van der Waals surface area contributed by atoms with Crippen molar-refractivity contribution >= 4 is 17.4 Å². The topological polar surface area (TPSA) is 37.3 Å². The van der Waals surface area contributed by atoms with Crippen LogP contribution in [0.4, 0.5) is 0 Å². The van der Waals surface area contributed by atoms with Gasteiger partial charge in [-0.2, -0.15) is 0 Å². The van der Waals surface area contributed by atoms with Crippen LogP contribution in [0.5, 0.6) is 0 Å². The summed E-state index contributed by atoms with van der Waals surface area (Å²) in [7, 11) is 0. The number of aliphatic hydroxyl groups is 1. The quantitative estimate of drug-likeness (QED) is 0.682. The molecule has 2 saturated carbocycles. The Kier molecular flexibility index (Phi) is 2.20. The Balaban J connectivity index is 2.40. The van der Waals surface area contributed by atoms with Crippen molar-refractivity contribution in [3.63, 3.8) is 0 Å². The van der Waals surface area contributed by atoms with E-state index in [9.17, 15) is 9.90 Å². The molecular formula is C11H17ClO2. The van der Waals surface area contributed by atoms with Gasteiger partial charge in [-0.15, -0.1) is 11.6 Å². The summed E-state index contributed by atoms with van der Waals surface area (Å²) >= 11 is 6.17. The maximum atomic E-state index is 11.5. The lowest BCUT2D eigenvalue weighted by Gasteiger charge is -2.36. The second-order valence-electron chi connectivity index (χ2n) is 5.15. The van der Waals surface area contributed by atoms with Crippen LogP contribution >= 0.6 is 11.6 Å². The summed E-state index contributed by atoms with van der Waals surface area (Å²) < 4.78 is 0. The molecule has 0 bridgehead atoms. The van der Waals surface area contributed by atoms with Crippen LogP contribution < -0.4 is 0 Å². The highest BCUT2D eigenvalue weighted by atomic mass is 35.5. The molecule has 0 unspecified atom stereocenters. The molecule has 2 aliphatic carbocycles. The summed E-state index contributed by atoms with van der Waals surface area (Å²) in [5, 5.41) is 10.4. The van der Waals surface area contributed by atoms with Gasteiger partial charge in [0.15, 0.2) is 0 Å². The average Bonchev–Trinajstić information content (AvgIpc) is 2.34. The Bertz CT molecular complexity index is 278. The summed E-state index contributed by atoms with van der Waals surface area (Å²) in [6.45, 7) is 3.61. The molecule has 0 radical (unpaired) electrons. The number of hydrogen-bond donors (Lipinski definition) is 1. The number of alkyl halides is 1. The summed E-state index contributed by atoms with van der Waals surface area (Å²) in [6, 6.07) is 0. The van der Waals surface area contributed by atoms with E-state index >= 15 is 0 Å². The van der Waals surface area contributed by atoms with Gasteiger partial charge in [-0.1, -0.05) is 6.92 Å². The normalized spacial score (nSPS) is 52.0. The van der Waals surface area contributed by atoms with Crippen molar-refractivity contribution in [2.45, 2.75) is 50.5 Å². The first-order valence-corrected chi connectivity index (χ1v) is 5.71. The van der Waals surface area contributed by atoms with E-state index in [1.54, 1.807) is 6.92 Å². The lowest BCUT2D eigenvalue weighted by molar-refractivity contribution is -0.132. The zero-order valence-electron chi connectivity index (χ0n) is 8.72. The van der Waals surface area contributed by atoms with E-state index in [1.807, 2.05) is 0 Å². The van der Waals surface area contributed by atoms with Gasteiger partial charge < -0.3 is 5.11 Å². The van der Waals surface area contributed by atoms with Gasteiger partial charge in [0.05, 0.1) is 11.5 Å². The Labute approximate surface area is 89.6 Å². The van der Waals surface area contributed by atoms with Crippen LogP contribution in [0.25, 0.3) is 0 Å². The molecule has 2 aliphatic rings. The predicted octanol–water partition coefficient (Wildman–Crippen LogP) is 2.12. The molecule has 0 aliphatic heterocycles. The largest absolute Gasteiger partial charge is 0.389 e. The molecule has 3 heteroatoms. The molecule has 14 heavy (non-hydrogen) atoms. The van der Waals surface area contributed by atoms with Gasteiger partial charge in [0, 0.05) is 5.38 Å². The van der Waals surface area contributed by atoms with Gasteiger partial charge in [-0.05, 0) is 38.0 Å². The summed E-state index contributed by atoms with van der Waals surface area (Å²) in [4.78, 5) is 11.5. The average molecular weight is 217 g/mol. The highest BCUT2D eigenvalue weighted by molar-refractivity contribution is 6.22. The second kappa shape index (κ2) is 2.96. The Hall–Kier alpha value is -0.0800. The van der Waals surface area contributed by atoms with Crippen molar-refractivity contribution in [3.8, 4) is 0 Å². The first-order chi connectivity index (χ1) is 6.41. The molecule has 4 atom stereocenters. The molecule has 2 rings (SSSR count). The molecule has 1 N–H and O–H groups in total. The molecule has 0 amide bonds. The van der Waals surface area contributed by atoms with E-state index in [0.29, 0.717) is 0 Å².